The van der Waals surface area contributed by atoms with E-state index in [1.165, 1.54) is 30.5 Å². The van der Waals surface area contributed by atoms with Crippen molar-refractivity contribution in [2.75, 3.05) is 0 Å². The van der Waals surface area contributed by atoms with Gasteiger partial charge < -0.3 is 10.1 Å². The van der Waals surface area contributed by atoms with E-state index in [0.717, 1.165) is 6.07 Å². The van der Waals surface area contributed by atoms with E-state index in [2.05, 4.69) is 4.98 Å². The van der Waals surface area contributed by atoms with Gasteiger partial charge in [0.1, 0.15) is 0 Å². The number of carboxylic acids is 1. The minimum atomic E-state index is -1.26. The Kier molecular flexibility index (Phi) is 3.11. The summed E-state index contributed by atoms with van der Waals surface area (Å²) in [6.45, 7) is 0. The molecule has 0 radical (unpaired) electrons. The second-order valence-corrected chi connectivity index (χ2v) is 3.77. The minimum absolute atomic E-state index is 0.185. The van der Waals surface area contributed by atoms with Crippen LogP contribution in [0.25, 0.3) is 11.1 Å². The number of benzene rings is 1. The summed E-state index contributed by atoms with van der Waals surface area (Å²) in [5.41, 5.74) is 0.0257. The van der Waals surface area contributed by atoms with Gasteiger partial charge in [-0.25, -0.2) is 4.79 Å². The summed E-state index contributed by atoms with van der Waals surface area (Å²) in [6, 6.07) is 6.26. The Morgan fingerprint density at radius 3 is 2.47 bits per heavy atom. The van der Waals surface area contributed by atoms with Crippen molar-refractivity contribution in [1.82, 2.24) is 4.98 Å². The predicted molar refractivity (Wildman–Crippen MR) is 66.1 cm³/mol. The maximum absolute atomic E-state index is 10.9. The first-order chi connectivity index (χ1) is 8.97. The molecule has 7 nitrogen and oxygen atoms in total. The quantitative estimate of drug-likeness (QED) is 0.643. The monoisotopic (exact) mass is 260 g/mol. The van der Waals surface area contributed by atoms with Gasteiger partial charge in [-0.2, -0.15) is 0 Å². The summed E-state index contributed by atoms with van der Waals surface area (Å²) in [5, 5.41) is 19.7. The second-order valence-electron chi connectivity index (χ2n) is 3.77. The standard InChI is InChI=1S/C12H8N2O5/c15-11-2-1-7(6-13-11)8-3-9(12(16)17)5-10(4-8)14(18)19/h1-6H,(H,13,15)(H,16,17). The summed E-state index contributed by atoms with van der Waals surface area (Å²) in [6.07, 6.45) is 1.37. The zero-order chi connectivity index (χ0) is 14.0. The molecule has 0 amide bonds. The maximum atomic E-state index is 10.9. The van der Waals surface area contributed by atoms with Crippen LogP contribution in [-0.4, -0.2) is 21.0 Å². The molecule has 0 atom stereocenters. The fraction of sp³-hybridized carbons (Fsp3) is 0. The van der Waals surface area contributed by atoms with Crippen molar-refractivity contribution in [2.24, 2.45) is 0 Å². The van der Waals surface area contributed by atoms with Gasteiger partial charge in [-0.15, -0.1) is 0 Å². The first kappa shape index (κ1) is 12.5. The Morgan fingerprint density at radius 2 is 1.95 bits per heavy atom. The zero-order valence-electron chi connectivity index (χ0n) is 9.49. The lowest BCUT2D eigenvalue weighted by Gasteiger charge is -2.03. The molecule has 0 saturated carbocycles. The number of aromatic nitrogens is 1. The fourth-order valence-corrected chi connectivity index (χ4v) is 1.60. The third kappa shape index (κ3) is 2.65. The number of non-ortho nitro benzene ring substituents is 1. The largest absolute Gasteiger partial charge is 0.478 e. The average molecular weight is 260 g/mol. The van der Waals surface area contributed by atoms with Gasteiger partial charge in [0.25, 0.3) is 5.69 Å². The highest BCUT2D eigenvalue weighted by Gasteiger charge is 2.14. The van der Waals surface area contributed by atoms with Crippen molar-refractivity contribution < 1.29 is 14.8 Å². The number of hydrogen-bond donors (Lipinski definition) is 2. The second kappa shape index (κ2) is 4.73. The minimum Gasteiger partial charge on any atom is -0.478 e. The van der Waals surface area contributed by atoms with Crippen LogP contribution < -0.4 is 5.56 Å². The van der Waals surface area contributed by atoms with Gasteiger partial charge in [0.05, 0.1) is 10.5 Å². The third-order valence-corrected chi connectivity index (χ3v) is 2.49. The number of nitrogens with zero attached hydrogens (tertiary/aromatic N) is 1. The normalized spacial score (nSPS) is 10.1. The molecule has 2 aromatic rings. The number of rotatable bonds is 3. The Bertz CT molecular complexity index is 668. The molecule has 0 aliphatic carbocycles. The highest BCUT2D eigenvalue weighted by molar-refractivity contribution is 5.90. The molecule has 0 aliphatic rings. The van der Waals surface area contributed by atoms with Crippen LogP contribution in [0, 0.1) is 10.1 Å². The molecule has 19 heavy (non-hydrogen) atoms. The van der Waals surface area contributed by atoms with Crippen LogP contribution in [0.5, 0.6) is 0 Å². The molecule has 0 saturated heterocycles. The van der Waals surface area contributed by atoms with E-state index >= 15 is 0 Å². The molecule has 1 aromatic carbocycles. The zero-order valence-corrected chi connectivity index (χ0v) is 9.49. The Balaban J connectivity index is 2.62. The summed E-state index contributed by atoms with van der Waals surface area (Å²) >= 11 is 0. The molecule has 0 aliphatic heterocycles. The van der Waals surface area contributed by atoms with Crippen LogP contribution in [0.2, 0.25) is 0 Å². The summed E-state index contributed by atoms with van der Waals surface area (Å²) in [5.74, 6) is -1.26. The van der Waals surface area contributed by atoms with E-state index in [0.29, 0.717) is 11.1 Å². The van der Waals surface area contributed by atoms with Crippen molar-refractivity contribution in [1.29, 1.82) is 0 Å². The number of nitro groups is 1. The van der Waals surface area contributed by atoms with Crippen molar-refractivity contribution in [3.05, 3.63) is 62.6 Å². The lowest BCUT2D eigenvalue weighted by Crippen LogP contribution is -2.02. The lowest BCUT2D eigenvalue weighted by atomic mass is 10.0. The smallest absolute Gasteiger partial charge is 0.335 e. The maximum Gasteiger partial charge on any atom is 0.335 e. The number of nitrogens with one attached hydrogen (secondary N) is 1. The van der Waals surface area contributed by atoms with E-state index in [1.807, 2.05) is 0 Å². The first-order valence-corrected chi connectivity index (χ1v) is 5.19. The molecule has 7 heteroatoms. The first-order valence-electron chi connectivity index (χ1n) is 5.19. The van der Waals surface area contributed by atoms with Crippen LogP contribution in [-0.2, 0) is 0 Å². The average Bonchev–Trinajstić information content (AvgIpc) is 2.39. The van der Waals surface area contributed by atoms with Gasteiger partial charge in [-0.1, -0.05) is 0 Å². The Labute approximate surface area is 106 Å². The van der Waals surface area contributed by atoms with E-state index in [4.69, 9.17) is 5.11 Å². The van der Waals surface area contributed by atoms with Crippen molar-refractivity contribution in [3.8, 4) is 11.1 Å². The van der Waals surface area contributed by atoms with Crippen LogP contribution >= 0.6 is 0 Å². The van der Waals surface area contributed by atoms with E-state index in [-0.39, 0.29) is 16.8 Å². The van der Waals surface area contributed by atoms with Gasteiger partial charge in [0, 0.05) is 24.4 Å². The third-order valence-electron chi connectivity index (χ3n) is 2.49. The molecule has 0 spiro atoms. The molecule has 0 unspecified atom stereocenters. The number of aromatic carboxylic acids is 1. The number of aromatic amines is 1. The molecule has 2 rings (SSSR count). The molecular formula is C12H8N2O5. The van der Waals surface area contributed by atoms with Gasteiger partial charge in [-0.3, -0.25) is 14.9 Å². The summed E-state index contributed by atoms with van der Waals surface area (Å²) in [4.78, 5) is 34.4. The van der Waals surface area contributed by atoms with Gasteiger partial charge >= 0.3 is 5.97 Å². The van der Waals surface area contributed by atoms with Gasteiger partial charge in [0.2, 0.25) is 5.56 Å². The van der Waals surface area contributed by atoms with Crippen LogP contribution in [0.1, 0.15) is 10.4 Å². The summed E-state index contributed by atoms with van der Waals surface area (Å²) < 4.78 is 0. The topological polar surface area (TPSA) is 113 Å². The molecule has 0 bridgehead atoms. The van der Waals surface area contributed by atoms with E-state index in [9.17, 15) is 19.7 Å². The van der Waals surface area contributed by atoms with Crippen molar-refractivity contribution in [3.63, 3.8) is 0 Å². The fourth-order valence-electron chi connectivity index (χ4n) is 1.60. The van der Waals surface area contributed by atoms with Crippen LogP contribution in [0.3, 0.4) is 0 Å². The molecular weight excluding hydrogens is 252 g/mol. The number of carbonyl (C=O) groups is 1. The molecule has 96 valence electrons. The highest BCUT2D eigenvalue weighted by atomic mass is 16.6. The SMILES string of the molecule is O=C(O)c1cc(-c2ccc(=O)[nH]c2)cc([N+](=O)[O-])c1. The molecule has 2 N–H and O–H groups in total. The number of pyridine rings is 1. The summed E-state index contributed by atoms with van der Waals surface area (Å²) in [7, 11) is 0. The lowest BCUT2D eigenvalue weighted by molar-refractivity contribution is -0.384. The Morgan fingerprint density at radius 1 is 1.21 bits per heavy atom. The van der Waals surface area contributed by atoms with Gasteiger partial charge in [0.15, 0.2) is 0 Å². The van der Waals surface area contributed by atoms with E-state index < -0.39 is 10.9 Å². The number of hydrogen-bond acceptors (Lipinski definition) is 4. The van der Waals surface area contributed by atoms with Crippen LogP contribution in [0.4, 0.5) is 5.69 Å². The van der Waals surface area contributed by atoms with Gasteiger partial charge in [-0.05, 0) is 23.3 Å². The molecule has 0 fully saturated rings. The Hall–Kier alpha value is -2.96. The number of nitro benzene ring substituents is 1. The predicted octanol–water partition coefficient (Wildman–Crippen LogP) is 1.65. The highest BCUT2D eigenvalue weighted by Crippen LogP contribution is 2.25. The van der Waals surface area contributed by atoms with Crippen molar-refractivity contribution in [2.45, 2.75) is 0 Å². The van der Waals surface area contributed by atoms with Crippen molar-refractivity contribution >= 4 is 11.7 Å². The number of carboxylic acid groups (broad SMARTS) is 1. The van der Waals surface area contributed by atoms with Crippen LogP contribution in [0.15, 0.2) is 41.3 Å². The molecule has 1 heterocycles. The van der Waals surface area contributed by atoms with E-state index in [1.54, 1.807) is 0 Å². The molecule has 1 aromatic heterocycles. The number of H-pyrrole nitrogens is 1.